The lowest BCUT2D eigenvalue weighted by Crippen LogP contribution is -2.46. The van der Waals surface area contributed by atoms with E-state index in [1.165, 1.54) is 7.11 Å². The number of halogens is 2. The van der Waals surface area contributed by atoms with E-state index in [0.717, 1.165) is 16.4 Å². The van der Waals surface area contributed by atoms with Gasteiger partial charge in [-0.15, -0.1) is 0 Å². The standard InChI is InChI=1S/C11H14F2N2O3S/c1-18-8-6-9(12)11(10(13)7-8)19(16,17)15-4-2-14-3-5-15/h6-7,14H,2-5H2,1H3. The first-order valence-electron chi connectivity index (χ1n) is 5.70. The maximum absolute atomic E-state index is 13.8. The molecule has 0 amide bonds. The van der Waals surface area contributed by atoms with Crippen molar-refractivity contribution in [3.8, 4) is 5.75 Å². The maximum Gasteiger partial charge on any atom is 0.249 e. The molecule has 0 saturated carbocycles. The highest BCUT2D eigenvalue weighted by atomic mass is 32.2. The van der Waals surface area contributed by atoms with Crippen molar-refractivity contribution < 1.29 is 21.9 Å². The Hall–Kier alpha value is -1.25. The van der Waals surface area contributed by atoms with Crippen molar-refractivity contribution in [1.82, 2.24) is 9.62 Å². The van der Waals surface area contributed by atoms with Gasteiger partial charge in [-0.1, -0.05) is 0 Å². The van der Waals surface area contributed by atoms with Crippen LogP contribution in [0.3, 0.4) is 0 Å². The number of nitrogens with zero attached hydrogens (tertiary/aromatic N) is 1. The summed E-state index contributed by atoms with van der Waals surface area (Å²) in [5.74, 6) is -2.35. The molecule has 0 bridgehead atoms. The summed E-state index contributed by atoms with van der Waals surface area (Å²) in [6.07, 6.45) is 0. The van der Waals surface area contributed by atoms with Gasteiger partial charge in [0.1, 0.15) is 17.4 Å². The lowest BCUT2D eigenvalue weighted by atomic mass is 10.3. The van der Waals surface area contributed by atoms with Crippen molar-refractivity contribution in [2.75, 3.05) is 33.3 Å². The van der Waals surface area contributed by atoms with Gasteiger partial charge in [0.25, 0.3) is 0 Å². The summed E-state index contributed by atoms with van der Waals surface area (Å²) < 4.78 is 57.8. The van der Waals surface area contributed by atoms with Crippen LogP contribution in [0.4, 0.5) is 8.78 Å². The molecule has 1 aliphatic rings. The average molecular weight is 292 g/mol. The first-order valence-corrected chi connectivity index (χ1v) is 7.14. The summed E-state index contributed by atoms with van der Waals surface area (Å²) in [6, 6.07) is 1.72. The fourth-order valence-electron chi connectivity index (χ4n) is 1.91. The van der Waals surface area contributed by atoms with Gasteiger partial charge < -0.3 is 10.1 Å². The van der Waals surface area contributed by atoms with Gasteiger partial charge in [0.05, 0.1) is 7.11 Å². The molecule has 1 saturated heterocycles. The van der Waals surface area contributed by atoms with Crippen LogP contribution >= 0.6 is 0 Å². The normalized spacial score (nSPS) is 17.4. The number of ether oxygens (including phenoxy) is 1. The second-order valence-corrected chi connectivity index (χ2v) is 5.95. The minimum absolute atomic E-state index is 0.0609. The molecule has 5 nitrogen and oxygen atoms in total. The number of piperazine rings is 1. The molecule has 0 radical (unpaired) electrons. The molecule has 1 heterocycles. The smallest absolute Gasteiger partial charge is 0.249 e. The van der Waals surface area contributed by atoms with Crippen molar-refractivity contribution in [2.24, 2.45) is 0 Å². The number of methoxy groups -OCH3 is 1. The molecule has 106 valence electrons. The van der Waals surface area contributed by atoms with Crippen LogP contribution < -0.4 is 10.1 Å². The number of benzene rings is 1. The zero-order valence-corrected chi connectivity index (χ0v) is 11.1. The van der Waals surface area contributed by atoms with Gasteiger partial charge in [-0.3, -0.25) is 0 Å². The van der Waals surface area contributed by atoms with Crippen LogP contribution in [0, 0.1) is 11.6 Å². The molecule has 1 aliphatic heterocycles. The molecule has 0 spiro atoms. The van der Waals surface area contributed by atoms with Crippen LogP contribution in [0.25, 0.3) is 0 Å². The van der Waals surface area contributed by atoms with E-state index in [0.29, 0.717) is 13.1 Å². The summed E-state index contributed by atoms with van der Waals surface area (Å²) in [4.78, 5) is -0.921. The third-order valence-electron chi connectivity index (χ3n) is 2.88. The summed E-state index contributed by atoms with van der Waals surface area (Å²) in [5, 5.41) is 2.97. The predicted octanol–water partition coefficient (Wildman–Crippen LogP) is 0.567. The Kier molecular flexibility index (Phi) is 4.02. The Morgan fingerprint density at radius 2 is 1.74 bits per heavy atom. The zero-order valence-electron chi connectivity index (χ0n) is 10.3. The van der Waals surface area contributed by atoms with Crippen molar-refractivity contribution in [2.45, 2.75) is 4.90 Å². The van der Waals surface area contributed by atoms with Gasteiger partial charge in [-0.25, -0.2) is 17.2 Å². The highest BCUT2D eigenvalue weighted by Crippen LogP contribution is 2.27. The number of rotatable bonds is 3. The second-order valence-electron chi connectivity index (χ2n) is 4.07. The minimum Gasteiger partial charge on any atom is -0.497 e. The first kappa shape index (κ1) is 14.2. The highest BCUT2D eigenvalue weighted by molar-refractivity contribution is 7.89. The third kappa shape index (κ3) is 2.70. The van der Waals surface area contributed by atoms with E-state index in [4.69, 9.17) is 4.74 Å². The Bertz CT molecular complexity index is 548. The van der Waals surface area contributed by atoms with E-state index in [-0.39, 0.29) is 18.8 Å². The van der Waals surface area contributed by atoms with Gasteiger partial charge in [0.15, 0.2) is 4.90 Å². The molecule has 0 aliphatic carbocycles. The van der Waals surface area contributed by atoms with Gasteiger partial charge in [0.2, 0.25) is 10.0 Å². The zero-order chi connectivity index (χ0) is 14.0. The van der Waals surface area contributed by atoms with E-state index in [9.17, 15) is 17.2 Å². The molecule has 2 rings (SSSR count). The molecule has 0 atom stereocenters. The van der Waals surface area contributed by atoms with Crippen LogP contribution in [0.2, 0.25) is 0 Å². The molecule has 1 aromatic carbocycles. The molecule has 0 unspecified atom stereocenters. The lowest BCUT2D eigenvalue weighted by molar-refractivity contribution is 0.354. The topological polar surface area (TPSA) is 58.6 Å². The summed E-state index contributed by atoms with van der Waals surface area (Å²) in [5.41, 5.74) is 0. The first-order chi connectivity index (χ1) is 8.96. The fourth-order valence-corrected chi connectivity index (χ4v) is 3.45. The monoisotopic (exact) mass is 292 g/mol. The Balaban J connectivity index is 2.45. The van der Waals surface area contributed by atoms with E-state index in [1.807, 2.05) is 0 Å². The number of hydrogen-bond acceptors (Lipinski definition) is 4. The highest BCUT2D eigenvalue weighted by Gasteiger charge is 2.32. The summed E-state index contributed by atoms with van der Waals surface area (Å²) in [7, 11) is -2.91. The van der Waals surface area contributed by atoms with Crippen molar-refractivity contribution in [1.29, 1.82) is 0 Å². The molecule has 0 aromatic heterocycles. The SMILES string of the molecule is COc1cc(F)c(S(=O)(=O)N2CCNCC2)c(F)c1. The van der Waals surface area contributed by atoms with E-state index in [2.05, 4.69) is 5.32 Å². The van der Waals surface area contributed by atoms with Crippen LogP contribution in [-0.4, -0.2) is 46.0 Å². The van der Waals surface area contributed by atoms with Gasteiger partial charge >= 0.3 is 0 Å². The largest absolute Gasteiger partial charge is 0.497 e. The van der Waals surface area contributed by atoms with E-state index in [1.54, 1.807) is 0 Å². The Morgan fingerprint density at radius 1 is 1.21 bits per heavy atom. The van der Waals surface area contributed by atoms with E-state index >= 15 is 0 Å². The van der Waals surface area contributed by atoms with Crippen LogP contribution in [0.1, 0.15) is 0 Å². The van der Waals surface area contributed by atoms with Crippen LogP contribution in [-0.2, 0) is 10.0 Å². The maximum atomic E-state index is 13.8. The van der Waals surface area contributed by atoms with Crippen molar-refractivity contribution in [3.63, 3.8) is 0 Å². The molecule has 19 heavy (non-hydrogen) atoms. The predicted molar refractivity (Wildman–Crippen MR) is 64.5 cm³/mol. The molecule has 1 aromatic rings. The molecular weight excluding hydrogens is 278 g/mol. The fraction of sp³-hybridized carbons (Fsp3) is 0.455. The van der Waals surface area contributed by atoms with Gasteiger partial charge in [-0.2, -0.15) is 4.31 Å². The van der Waals surface area contributed by atoms with Crippen LogP contribution in [0.15, 0.2) is 17.0 Å². The average Bonchev–Trinajstić information content (AvgIpc) is 2.38. The quantitative estimate of drug-likeness (QED) is 0.885. The van der Waals surface area contributed by atoms with Crippen molar-refractivity contribution >= 4 is 10.0 Å². The molecule has 8 heteroatoms. The van der Waals surface area contributed by atoms with Crippen LogP contribution in [0.5, 0.6) is 5.75 Å². The molecular formula is C11H14F2N2O3S. The number of sulfonamides is 1. The third-order valence-corrected chi connectivity index (χ3v) is 4.83. The summed E-state index contributed by atoms with van der Waals surface area (Å²) in [6.45, 7) is 1.29. The molecule has 1 N–H and O–H groups in total. The number of hydrogen-bond donors (Lipinski definition) is 1. The van der Waals surface area contributed by atoms with Gasteiger partial charge in [0, 0.05) is 38.3 Å². The van der Waals surface area contributed by atoms with Gasteiger partial charge in [-0.05, 0) is 0 Å². The molecule has 1 fully saturated rings. The second kappa shape index (κ2) is 5.40. The Labute approximate surface area is 110 Å². The van der Waals surface area contributed by atoms with E-state index < -0.39 is 26.6 Å². The minimum atomic E-state index is -4.16. The lowest BCUT2D eigenvalue weighted by Gasteiger charge is -2.26. The number of nitrogens with one attached hydrogen (secondary N) is 1. The Morgan fingerprint density at radius 3 is 2.21 bits per heavy atom. The van der Waals surface area contributed by atoms with Crippen molar-refractivity contribution in [3.05, 3.63) is 23.8 Å². The summed E-state index contributed by atoms with van der Waals surface area (Å²) >= 11 is 0.